The third-order valence-electron chi connectivity index (χ3n) is 6.46. The van der Waals surface area contributed by atoms with Gasteiger partial charge in [0.1, 0.15) is 6.04 Å². The van der Waals surface area contributed by atoms with E-state index in [1.807, 2.05) is 6.07 Å². The van der Waals surface area contributed by atoms with Crippen molar-refractivity contribution in [2.45, 2.75) is 44.6 Å². The number of likely N-dealkylation sites (tertiary alicyclic amines) is 2. The molecule has 156 valence electrons. The number of pyridine rings is 1. The van der Waals surface area contributed by atoms with Crippen LogP contribution in [0, 0.1) is 5.92 Å². The number of carbonyl (C=O) groups is 3. The van der Waals surface area contributed by atoms with Crippen molar-refractivity contribution in [3.63, 3.8) is 0 Å². The Bertz CT molecular complexity index is 880. The summed E-state index contributed by atoms with van der Waals surface area (Å²) in [6, 6.07) is 4.46. The maximum Gasteiger partial charge on any atom is 0.251 e. The number of hydrogen-bond acceptors (Lipinski definition) is 4. The van der Waals surface area contributed by atoms with Crippen molar-refractivity contribution in [3.05, 3.63) is 34.2 Å². The molecule has 0 saturated carbocycles. The molecule has 2 bridgehead atoms. The van der Waals surface area contributed by atoms with Gasteiger partial charge in [-0.25, -0.2) is 0 Å². The molecule has 0 radical (unpaired) electrons. The second-order valence-electron chi connectivity index (χ2n) is 8.35. The summed E-state index contributed by atoms with van der Waals surface area (Å²) in [6.07, 6.45) is 3.29. The molecule has 4 rings (SSSR count). The zero-order chi connectivity index (χ0) is 20.5. The van der Waals surface area contributed by atoms with Gasteiger partial charge in [-0.1, -0.05) is 6.07 Å². The molecular weight excluding hydrogens is 372 g/mol. The predicted molar refractivity (Wildman–Crippen MR) is 106 cm³/mol. The molecule has 8 heteroatoms. The summed E-state index contributed by atoms with van der Waals surface area (Å²) in [5, 5.41) is 2.94. The fourth-order valence-corrected chi connectivity index (χ4v) is 5.04. The van der Waals surface area contributed by atoms with Gasteiger partial charge in [-0.05, 0) is 25.3 Å². The zero-order valence-electron chi connectivity index (χ0n) is 16.8. The summed E-state index contributed by atoms with van der Waals surface area (Å²) in [7, 11) is 0. The molecule has 1 N–H and O–H groups in total. The van der Waals surface area contributed by atoms with Crippen LogP contribution in [0.1, 0.15) is 50.3 Å². The van der Waals surface area contributed by atoms with Crippen molar-refractivity contribution < 1.29 is 14.4 Å². The Kier molecular flexibility index (Phi) is 5.43. The first-order chi connectivity index (χ1) is 14.0. The van der Waals surface area contributed by atoms with Gasteiger partial charge in [-0.3, -0.25) is 23.7 Å². The molecule has 1 aromatic rings. The fraction of sp³-hybridized carbons (Fsp3) is 0.619. The molecule has 3 aliphatic heterocycles. The lowest BCUT2D eigenvalue weighted by atomic mass is 9.78. The minimum atomic E-state index is -0.630. The van der Waals surface area contributed by atoms with E-state index in [1.165, 1.54) is 6.07 Å². The second-order valence-corrected chi connectivity index (χ2v) is 8.35. The minimum absolute atomic E-state index is 0.00537. The first-order valence-corrected chi connectivity index (χ1v) is 10.5. The Labute approximate surface area is 169 Å². The van der Waals surface area contributed by atoms with Gasteiger partial charge in [0.05, 0.1) is 0 Å². The van der Waals surface area contributed by atoms with Crippen LogP contribution in [-0.2, 0) is 14.4 Å². The molecule has 2 saturated heterocycles. The van der Waals surface area contributed by atoms with Gasteiger partial charge in [0, 0.05) is 69.7 Å². The van der Waals surface area contributed by atoms with Crippen LogP contribution in [-0.4, -0.2) is 64.8 Å². The summed E-state index contributed by atoms with van der Waals surface area (Å²) in [6.45, 7) is 4.20. The Balaban J connectivity index is 1.52. The third kappa shape index (κ3) is 3.80. The van der Waals surface area contributed by atoms with E-state index in [-0.39, 0.29) is 35.1 Å². The van der Waals surface area contributed by atoms with Gasteiger partial charge in [0.2, 0.25) is 17.7 Å². The molecule has 1 aromatic heterocycles. The zero-order valence-corrected chi connectivity index (χ0v) is 16.8. The van der Waals surface area contributed by atoms with Gasteiger partial charge in [0.15, 0.2) is 0 Å². The summed E-state index contributed by atoms with van der Waals surface area (Å²) in [4.78, 5) is 53.3. The molecule has 0 spiro atoms. The number of nitrogens with zero attached hydrogens (tertiary/aromatic N) is 3. The van der Waals surface area contributed by atoms with Crippen molar-refractivity contribution in [1.82, 2.24) is 19.7 Å². The van der Waals surface area contributed by atoms with Crippen LogP contribution in [0.3, 0.4) is 0 Å². The highest BCUT2D eigenvalue weighted by Gasteiger charge is 2.44. The number of fused-ring (bicyclic) bond motifs is 4. The van der Waals surface area contributed by atoms with Gasteiger partial charge in [-0.15, -0.1) is 0 Å². The monoisotopic (exact) mass is 400 g/mol. The number of hydrogen-bond donors (Lipinski definition) is 1. The maximum absolute atomic E-state index is 13.1. The molecule has 0 aliphatic carbocycles. The smallest absolute Gasteiger partial charge is 0.251 e. The first-order valence-electron chi connectivity index (χ1n) is 10.5. The Morgan fingerprint density at radius 2 is 2.00 bits per heavy atom. The highest BCUT2D eigenvalue weighted by Crippen LogP contribution is 2.41. The van der Waals surface area contributed by atoms with Crippen LogP contribution >= 0.6 is 0 Å². The number of carbonyl (C=O) groups excluding carboxylic acids is 3. The van der Waals surface area contributed by atoms with Crippen molar-refractivity contribution in [3.8, 4) is 0 Å². The largest absolute Gasteiger partial charge is 0.353 e. The summed E-state index contributed by atoms with van der Waals surface area (Å²) < 4.78 is 1.62. The average molecular weight is 400 g/mol. The van der Waals surface area contributed by atoms with E-state index in [2.05, 4.69) is 5.32 Å². The van der Waals surface area contributed by atoms with E-state index in [4.69, 9.17) is 0 Å². The Morgan fingerprint density at radius 1 is 1.17 bits per heavy atom. The van der Waals surface area contributed by atoms with Crippen LogP contribution in [0.15, 0.2) is 23.0 Å². The molecule has 2 fully saturated rings. The molecule has 3 amide bonds. The minimum Gasteiger partial charge on any atom is -0.353 e. The normalized spacial score (nSPS) is 26.1. The standard InChI is InChI=1S/C21H28N4O4/c1-14(26)24-12-15-11-16(13-24)20(25-17(15)5-4-7-19(25)28)21(29)22-8-10-23-9-3-2-6-18(23)27/h4-5,7,15-16,20H,2-3,6,8-13H2,1H3,(H,22,29)/t15-,16+,20-/m1/s1. The van der Waals surface area contributed by atoms with Crippen LogP contribution in [0.2, 0.25) is 0 Å². The predicted octanol–water partition coefficient (Wildman–Crippen LogP) is 0.484. The van der Waals surface area contributed by atoms with Crippen molar-refractivity contribution in [2.24, 2.45) is 5.92 Å². The highest BCUT2D eigenvalue weighted by atomic mass is 16.2. The second kappa shape index (κ2) is 8.00. The number of amides is 3. The van der Waals surface area contributed by atoms with Crippen LogP contribution in [0.4, 0.5) is 0 Å². The topological polar surface area (TPSA) is 91.7 Å². The first kappa shape index (κ1) is 19.7. The van der Waals surface area contributed by atoms with Crippen molar-refractivity contribution in [1.29, 1.82) is 0 Å². The van der Waals surface area contributed by atoms with E-state index in [0.717, 1.165) is 31.5 Å². The summed E-state index contributed by atoms with van der Waals surface area (Å²) >= 11 is 0. The van der Waals surface area contributed by atoms with Crippen molar-refractivity contribution >= 4 is 17.7 Å². The van der Waals surface area contributed by atoms with Crippen LogP contribution in [0.5, 0.6) is 0 Å². The highest BCUT2D eigenvalue weighted by molar-refractivity contribution is 5.82. The number of aromatic nitrogens is 1. The summed E-state index contributed by atoms with van der Waals surface area (Å²) in [5.41, 5.74) is 0.644. The average Bonchev–Trinajstić information content (AvgIpc) is 2.70. The molecule has 8 nitrogen and oxygen atoms in total. The van der Waals surface area contributed by atoms with Gasteiger partial charge in [0.25, 0.3) is 5.56 Å². The quantitative estimate of drug-likeness (QED) is 0.796. The summed E-state index contributed by atoms with van der Waals surface area (Å²) in [5.74, 6) is -0.104. The molecule has 3 aliphatic rings. The van der Waals surface area contributed by atoms with E-state index in [1.54, 1.807) is 27.4 Å². The lowest BCUT2D eigenvalue weighted by Gasteiger charge is -2.46. The van der Waals surface area contributed by atoms with Gasteiger partial charge in [-0.2, -0.15) is 0 Å². The fourth-order valence-electron chi connectivity index (χ4n) is 5.04. The molecule has 4 heterocycles. The molecular formula is C21H28N4O4. The number of rotatable bonds is 4. The van der Waals surface area contributed by atoms with Gasteiger partial charge >= 0.3 is 0 Å². The van der Waals surface area contributed by atoms with Crippen LogP contribution in [0.25, 0.3) is 0 Å². The molecule has 3 atom stereocenters. The lowest BCUT2D eigenvalue weighted by Crippen LogP contribution is -2.54. The molecule has 0 unspecified atom stereocenters. The van der Waals surface area contributed by atoms with Crippen LogP contribution < -0.4 is 10.9 Å². The number of piperidine rings is 2. The molecule has 0 aromatic carbocycles. The molecule has 29 heavy (non-hydrogen) atoms. The van der Waals surface area contributed by atoms with Gasteiger partial charge < -0.3 is 15.1 Å². The van der Waals surface area contributed by atoms with E-state index < -0.39 is 6.04 Å². The third-order valence-corrected chi connectivity index (χ3v) is 6.46. The Morgan fingerprint density at radius 3 is 2.76 bits per heavy atom. The maximum atomic E-state index is 13.1. The van der Waals surface area contributed by atoms with E-state index in [9.17, 15) is 19.2 Å². The Hall–Kier alpha value is -2.64. The van der Waals surface area contributed by atoms with E-state index >= 15 is 0 Å². The van der Waals surface area contributed by atoms with Crippen molar-refractivity contribution in [2.75, 3.05) is 32.7 Å². The lowest BCUT2D eigenvalue weighted by molar-refractivity contribution is -0.136. The number of nitrogens with one attached hydrogen (secondary N) is 1. The van der Waals surface area contributed by atoms with E-state index in [0.29, 0.717) is 32.6 Å². The SMILES string of the molecule is CC(=O)N1C[C@H]2C[C@@H](C1)[C@H](C(=O)NCCN1CCCCC1=O)n1c2cccc1=O.